The highest BCUT2D eigenvalue weighted by atomic mass is 32.1. The molecule has 1 N–H and O–H groups in total. The van der Waals surface area contributed by atoms with Crippen LogP contribution in [0.2, 0.25) is 0 Å². The van der Waals surface area contributed by atoms with Gasteiger partial charge in [-0.25, -0.2) is 4.98 Å². The molecule has 6 heteroatoms. The van der Waals surface area contributed by atoms with Crippen LogP contribution in [0.25, 0.3) is 0 Å². The van der Waals surface area contributed by atoms with E-state index in [0.717, 1.165) is 23.5 Å². The van der Waals surface area contributed by atoms with E-state index in [1.165, 1.54) is 0 Å². The summed E-state index contributed by atoms with van der Waals surface area (Å²) in [5, 5.41) is 10.2. The van der Waals surface area contributed by atoms with Crippen molar-refractivity contribution in [1.82, 2.24) is 20.1 Å². The maximum absolute atomic E-state index is 12.0. The van der Waals surface area contributed by atoms with Crippen molar-refractivity contribution in [3.05, 3.63) is 34.5 Å². The number of carbonyl (C=O) groups excluding carboxylic acids is 1. The molecule has 0 fully saturated rings. The second-order valence-electron chi connectivity index (χ2n) is 4.76. The van der Waals surface area contributed by atoms with Gasteiger partial charge in [0.05, 0.1) is 23.2 Å². The second-order valence-corrected chi connectivity index (χ2v) is 5.70. The van der Waals surface area contributed by atoms with E-state index < -0.39 is 0 Å². The highest BCUT2D eigenvalue weighted by molar-refractivity contribution is 7.09. The summed E-state index contributed by atoms with van der Waals surface area (Å²) >= 11 is 1.66. The lowest BCUT2D eigenvalue weighted by atomic mass is 10.1. The fourth-order valence-corrected chi connectivity index (χ4v) is 2.75. The molecule has 0 spiro atoms. The number of thiazole rings is 1. The van der Waals surface area contributed by atoms with Crippen LogP contribution in [0.5, 0.6) is 0 Å². The summed E-state index contributed by atoms with van der Waals surface area (Å²) in [6.07, 6.45) is 5.35. The topological polar surface area (TPSA) is 59.8 Å². The van der Waals surface area contributed by atoms with E-state index in [0.29, 0.717) is 13.1 Å². The molecule has 1 amide bonds. The maximum Gasteiger partial charge on any atom is 0.224 e. The van der Waals surface area contributed by atoms with Gasteiger partial charge in [0.1, 0.15) is 0 Å². The number of aryl methyl sites for hydroxylation is 1. The Morgan fingerprint density at radius 1 is 1.55 bits per heavy atom. The number of rotatable bonds is 7. The zero-order chi connectivity index (χ0) is 14.4. The van der Waals surface area contributed by atoms with Crippen LogP contribution in [0.15, 0.2) is 23.8 Å². The number of hydrogen-bond acceptors (Lipinski definition) is 4. The second kappa shape index (κ2) is 7.19. The summed E-state index contributed by atoms with van der Waals surface area (Å²) in [7, 11) is 0. The lowest BCUT2D eigenvalue weighted by Gasteiger charge is -2.11. The predicted molar refractivity (Wildman–Crippen MR) is 79.6 cm³/mol. The highest BCUT2D eigenvalue weighted by Gasteiger charge is 2.13. The van der Waals surface area contributed by atoms with Crippen LogP contribution in [-0.2, 0) is 24.2 Å². The summed E-state index contributed by atoms with van der Waals surface area (Å²) in [5.41, 5.74) is 1.13. The van der Waals surface area contributed by atoms with Crippen LogP contribution in [0.3, 0.4) is 0 Å². The van der Waals surface area contributed by atoms with Crippen LogP contribution in [-0.4, -0.2) is 27.2 Å². The molecule has 0 aromatic carbocycles. The first-order valence-electron chi connectivity index (χ1n) is 6.87. The number of hydrogen-bond donors (Lipinski definition) is 1. The van der Waals surface area contributed by atoms with Crippen LogP contribution in [0.1, 0.15) is 24.5 Å². The van der Waals surface area contributed by atoms with Gasteiger partial charge in [-0.05, 0) is 12.5 Å². The number of nitrogens with one attached hydrogen (secondary N) is 1. The van der Waals surface area contributed by atoms with Crippen molar-refractivity contribution in [2.45, 2.75) is 33.2 Å². The van der Waals surface area contributed by atoms with Gasteiger partial charge < -0.3 is 5.32 Å². The van der Waals surface area contributed by atoms with E-state index in [1.807, 2.05) is 19.2 Å². The third-order valence-corrected chi connectivity index (χ3v) is 4.02. The number of amides is 1. The Labute approximate surface area is 123 Å². The van der Waals surface area contributed by atoms with Crippen molar-refractivity contribution in [3.8, 4) is 0 Å². The predicted octanol–water partition coefficient (Wildman–Crippen LogP) is 1.90. The Balaban J connectivity index is 1.71. The third-order valence-electron chi connectivity index (χ3n) is 3.07. The van der Waals surface area contributed by atoms with E-state index in [2.05, 4.69) is 27.7 Å². The Morgan fingerprint density at radius 2 is 2.40 bits per heavy atom. The molecule has 0 radical (unpaired) electrons. The fourth-order valence-electron chi connectivity index (χ4n) is 1.86. The quantitative estimate of drug-likeness (QED) is 0.848. The van der Waals surface area contributed by atoms with Crippen molar-refractivity contribution in [1.29, 1.82) is 0 Å². The summed E-state index contributed by atoms with van der Waals surface area (Å²) in [5.74, 6) is -0.0230. The van der Waals surface area contributed by atoms with Crippen LogP contribution in [0, 0.1) is 5.92 Å². The van der Waals surface area contributed by atoms with E-state index in [-0.39, 0.29) is 11.8 Å². The number of carbonyl (C=O) groups is 1. The lowest BCUT2D eigenvalue weighted by molar-refractivity contribution is -0.124. The highest BCUT2D eigenvalue weighted by Crippen LogP contribution is 2.10. The summed E-state index contributed by atoms with van der Waals surface area (Å²) in [6.45, 7) is 5.25. The lowest BCUT2D eigenvalue weighted by Crippen LogP contribution is -2.33. The van der Waals surface area contributed by atoms with Gasteiger partial charge in [-0.3, -0.25) is 9.48 Å². The standard InChI is InChI=1S/C14H20N4OS/c1-3-12-10-20-13(17-12)5-7-15-14(19)11(2)9-18-8-4-6-16-18/h4,6,8,10-11H,3,5,7,9H2,1-2H3,(H,15,19). The average Bonchev–Trinajstić information content (AvgIpc) is 3.09. The molecule has 2 aromatic rings. The van der Waals surface area contributed by atoms with Gasteiger partial charge in [0.2, 0.25) is 5.91 Å². The monoisotopic (exact) mass is 292 g/mol. The molecule has 0 aliphatic carbocycles. The molecule has 1 atom stereocenters. The molecule has 0 saturated heterocycles. The minimum Gasteiger partial charge on any atom is -0.355 e. The Hall–Kier alpha value is -1.69. The largest absolute Gasteiger partial charge is 0.355 e. The summed E-state index contributed by atoms with van der Waals surface area (Å²) in [6, 6.07) is 1.86. The fraction of sp³-hybridized carbons (Fsp3) is 0.500. The van der Waals surface area contributed by atoms with Crippen molar-refractivity contribution in [3.63, 3.8) is 0 Å². The molecular weight excluding hydrogens is 272 g/mol. The SMILES string of the molecule is CCc1csc(CCNC(=O)C(C)Cn2cccn2)n1. The Morgan fingerprint density at radius 3 is 3.05 bits per heavy atom. The van der Waals surface area contributed by atoms with Crippen molar-refractivity contribution >= 4 is 17.2 Å². The van der Waals surface area contributed by atoms with Gasteiger partial charge in [-0.2, -0.15) is 5.10 Å². The van der Waals surface area contributed by atoms with Gasteiger partial charge in [-0.1, -0.05) is 13.8 Å². The van der Waals surface area contributed by atoms with Crippen molar-refractivity contribution in [2.75, 3.05) is 6.54 Å². The molecule has 0 aliphatic rings. The number of aromatic nitrogens is 3. The van der Waals surface area contributed by atoms with Gasteiger partial charge in [0.25, 0.3) is 0 Å². The third kappa shape index (κ3) is 4.16. The minimum absolute atomic E-state index is 0.0628. The van der Waals surface area contributed by atoms with E-state index in [4.69, 9.17) is 0 Å². The van der Waals surface area contributed by atoms with Crippen LogP contribution >= 0.6 is 11.3 Å². The van der Waals surface area contributed by atoms with Crippen LogP contribution in [0.4, 0.5) is 0 Å². The molecule has 2 aromatic heterocycles. The molecule has 2 heterocycles. The molecule has 5 nitrogen and oxygen atoms in total. The molecular formula is C14H20N4OS. The normalized spacial score (nSPS) is 12.3. The maximum atomic E-state index is 12.0. The first-order valence-corrected chi connectivity index (χ1v) is 7.75. The molecule has 0 bridgehead atoms. The minimum atomic E-state index is -0.0857. The molecule has 2 rings (SSSR count). The smallest absolute Gasteiger partial charge is 0.224 e. The Kier molecular flexibility index (Phi) is 5.29. The van der Waals surface area contributed by atoms with Gasteiger partial charge in [0, 0.05) is 30.7 Å². The first kappa shape index (κ1) is 14.7. The molecule has 0 saturated carbocycles. The zero-order valence-corrected chi connectivity index (χ0v) is 12.7. The zero-order valence-electron chi connectivity index (χ0n) is 11.9. The van der Waals surface area contributed by atoms with Gasteiger partial charge in [0.15, 0.2) is 0 Å². The Bertz CT molecular complexity index is 535. The molecule has 1 unspecified atom stereocenters. The van der Waals surface area contributed by atoms with E-state index >= 15 is 0 Å². The van der Waals surface area contributed by atoms with Gasteiger partial charge >= 0.3 is 0 Å². The van der Waals surface area contributed by atoms with Crippen molar-refractivity contribution < 1.29 is 4.79 Å². The summed E-state index contributed by atoms with van der Waals surface area (Å²) in [4.78, 5) is 16.4. The molecule has 108 valence electrons. The van der Waals surface area contributed by atoms with Crippen LogP contribution < -0.4 is 5.32 Å². The molecule has 0 aliphatic heterocycles. The average molecular weight is 292 g/mol. The number of nitrogens with zero attached hydrogens (tertiary/aromatic N) is 3. The molecule has 20 heavy (non-hydrogen) atoms. The van der Waals surface area contributed by atoms with Gasteiger partial charge in [-0.15, -0.1) is 11.3 Å². The van der Waals surface area contributed by atoms with E-state index in [1.54, 1.807) is 22.2 Å². The van der Waals surface area contributed by atoms with Crippen molar-refractivity contribution in [2.24, 2.45) is 5.92 Å². The summed E-state index contributed by atoms with van der Waals surface area (Å²) < 4.78 is 1.78. The van der Waals surface area contributed by atoms with E-state index in [9.17, 15) is 4.79 Å². The first-order chi connectivity index (χ1) is 9.69.